The average molecular weight is 352 g/mol. The van der Waals surface area contributed by atoms with Gasteiger partial charge in [0.1, 0.15) is 11.6 Å². The lowest BCUT2D eigenvalue weighted by atomic mass is 10.0. The standard InChI is InChI=1S/C24H17FN2/c25-20-14-12-18(13-15-20)24-26-22-10-3-4-11-23(22)27(24)16-19-8-5-7-17-6-1-2-9-21(17)19/h1-15H,16H2. The van der Waals surface area contributed by atoms with Gasteiger partial charge < -0.3 is 4.57 Å². The zero-order valence-electron chi connectivity index (χ0n) is 14.6. The van der Waals surface area contributed by atoms with Gasteiger partial charge in [0, 0.05) is 5.56 Å². The van der Waals surface area contributed by atoms with E-state index in [2.05, 4.69) is 53.1 Å². The third-order valence-corrected chi connectivity index (χ3v) is 4.97. The van der Waals surface area contributed by atoms with Gasteiger partial charge in [-0.1, -0.05) is 54.6 Å². The molecule has 27 heavy (non-hydrogen) atoms. The Morgan fingerprint density at radius 2 is 1.48 bits per heavy atom. The minimum atomic E-state index is -0.240. The maximum atomic E-state index is 13.4. The first-order valence-corrected chi connectivity index (χ1v) is 8.97. The number of nitrogens with zero attached hydrogens (tertiary/aromatic N) is 2. The molecule has 0 aliphatic carbocycles. The van der Waals surface area contributed by atoms with Gasteiger partial charge in [-0.3, -0.25) is 0 Å². The van der Waals surface area contributed by atoms with Crippen LogP contribution >= 0.6 is 0 Å². The van der Waals surface area contributed by atoms with Gasteiger partial charge in [-0.15, -0.1) is 0 Å². The zero-order chi connectivity index (χ0) is 18.2. The molecule has 0 aliphatic rings. The summed E-state index contributed by atoms with van der Waals surface area (Å²) in [5, 5.41) is 2.46. The Morgan fingerprint density at radius 1 is 0.741 bits per heavy atom. The molecule has 0 unspecified atom stereocenters. The second kappa shape index (κ2) is 6.36. The minimum Gasteiger partial charge on any atom is -0.319 e. The molecule has 1 heterocycles. The molecule has 0 aliphatic heterocycles. The maximum absolute atomic E-state index is 13.4. The lowest BCUT2D eigenvalue weighted by Gasteiger charge is -2.12. The Labute approximate surface area is 156 Å². The van der Waals surface area contributed by atoms with Crippen LogP contribution in [-0.2, 0) is 6.54 Å². The van der Waals surface area contributed by atoms with Gasteiger partial charge in [-0.25, -0.2) is 9.37 Å². The molecule has 3 heteroatoms. The summed E-state index contributed by atoms with van der Waals surface area (Å²) in [6.45, 7) is 0.703. The van der Waals surface area contributed by atoms with E-state index in [-0.39, 0.29) is 5.82 Å². The molecule has 0 bridgehead atoms. The van der Waals surface area contributed by atoms with Crippen LogP contribution in [0.1, 0.15) is 5.56 Å². The summed E-state index contributed by atoms with van der Waals surface area (Å²) in [5.41, 5.74) is 4.16. The van der Waals surface area contributed by atoms with Crippen LogP contribution in [0, 0.1) is 5.82 Å². The van der Waals surface area contributed by atoms with E-state index in [4.69, 9.17) is 4.98 Å². The number of para-hydroxylation sites is 2. The molecule has 5 rings (SSSR count). The molecule has 2 nitrogen and oxygen atoms in total. The second-order valence-electron chi connectivity index (χ2n) is 6.66. The fraction of sp³-hybridized carbons (Fsp3) is 0.0417. The van der Waals surface area contributed by atoms with E-state index in [0.717, 1.165) is 22.4 Å². The molecular weight excluding hydrogens is 335 g/mol. The van der Waals surface area contributed by atoms with Crippen molar-refractivity contribution in [3.8, 4) is 11.4 Å². The van der Waals surface area contributed by atoms with E-state index in [1.165, 1.54) is 28.5 Å². The number of hydrogen-bond acceptors (Lipinski definition) is 1. The molecule has 4 aromatic carbocycles. The van der Waals surface area contributed by atoms with Crippen molar-refractivity contribution >= 4 is 21.8 Å². The van der Waals surface area contributed by atoms with E-state index >= 15 is 0 Å². The number of benzene rings is 4. The molecule has 0 saturated heterocycles. The molecule has 1 aromatic heterocycles. The summed E-state index contributed by atoms with van der Waals surface area (Å²) < 4.78 is 15.6. The van der Waals surface area contributed by atoms with Gasteiger partial charge in [-0.2, -0.15) is 0 Å². The van der Waals surface area contributed by atoms with Crippen LogP contribution in [-0.4, -0.2) is 9.55 Å². The van der Waals surface area contributed by atoms with Gasteiger partial charge in [-0.05, 0) is 52.7 Å². The van der Waals surface area contributed by atoms with Crippen LogP contribution in [0.4, 0.5) is 4.39 Å². The predicted molar refractivity (Wildman–Crippen MR) is 108 cm³/mol. The molecule has 0 radical (unpaired) electrons. The van der Waals surface area contributed by atoms with Crippen molar-refractivity contribution in [3.63, 3.8) is 0 Å². The van der Waals surface area contributed by atoms with Crippen LogP contribution < -0.4 is 0 Å². The van der Waals surface area contributed by atoms with Gasteiger partial charge in [0.15, 0.2) is 0 Å². The summed E-state index contributed by atoms with van der Waals surface area (Å²) in [6, 6.07) is 29.5. The Morgan fingerprint density at radius 3 is 2.37 bits per heavy atom. The molecular formula is C24H17FN2. The number of fused-ring (bicyclic) bond motifs is 2. The van der Waals surface area contributed by atoms with Crippen LogP contribution in [0.2, 0.25) is 0 Å². The molecule has 0 saturated carbocycles. The highest BCUT2D eigenvalue weighted by molar-refractivity contribution is 5.86. The average Bonchev–Trinajstić information content (AvgIpc) is 3.07. The Kier molecular flexibility index (Phi) is 3.72. The molecule has 0 atom stereocenters. The maximum Gasteiger partial charge on any atom is 0.141 e. The Balaban J connectivity index is 1.72. The van der Waals surface area contributed by atoms with Gasteiger partial charge in [0.05, 0.1) is 17.6 Å². The predicted octanol–water partition coefficient (Wildman–Crippen LogP) is 6.04. The summed E-state index contributed by atoms with van der Waals surface area (Å²) in [4.78, 5) is 4.83. The minimum absolute atomic E-state index is 0.240. The monoisotopic (exact) mass is 352 g/mol. The zero-order valence-corrected chi connectivity index (χ0v) is 14.6. The van der Waals surface area contributed by atoms with Crippen molar-refractivity contribution in [1.82, 2.24) is 9.55 Å². The number of hydrogen-bond donors (Lipinski definition) is 0. The van der Waals surface area contributed by atoms with Crippen molar-refractivity contribution in [1.29, 1.82) is 0 Å². The summed E-state index contributed by atoms with van der Waals surface area (Å²) in [5.74, 6) is 0.611. The van der Waals surface area contributed by atoms with Crippen LogP contribution in [0.5, 0.6) is 0 Å². The smallest absolute Gasteiger partial charge is 0.141 e. The SMILES string of the molecule is Fc1ccc(-c2nc3ccccc3n2Cc2cccc3ccccc23)cc1. The largest absolute Gasteiger partial charge is 0.319 e. The first kappa shape index (κ1) is 15.8. The lowest BCUT2D eigenvalue weighted by molar-refractivity contribution is 0.628. The fourth-order valence-corrected chi connectivity index (χ4v) is 3.66. The first-order chi connectivity index (χ1) is 13.3. The van der Waals surface area contributed by atoms with Crippen molar-refractivity contribution < 1.29 is 4.39 Å². The molecule has 0 N–H and O–H groups in total. The van der Waals surface area contributed by atoms with E-state index in [9.17, 15) is 4.39 Å². The summed E-state index contributed by atoms with van der Waals surface area (Å²) in [6.07, 6.45) is 0. The van der Waals surface area contributed by atoms with Crippen LogP contribution in [0.25, 0.3) is 33.2 Å². The quantitative estimate of drug-likeness (QED) is 0.387. The van der Waals surface area contributed by atoms with Crippen molar-refractivity contribution in [2.24, 2.45) is 0 Å². The molecule has 5 aromatic rings. The summed E-state index contributed by atoms with van der Waals surface area (Å²) in [7, 11) is 0. The van der Waals surface area contributed by atoms with Crippen LogP contribution in [0.3, 0.4) is 0 Å². The van der Waals surface area contributed by atoms with E-state index in [1.54, 1.807) is 12.1 Å². The van der Waals surface area contributed by atoms with E-state index < -0.39 is 0 Å². The topological polar surface area (TPSA) is 17.8 Å². The highest BCUT2D eigenvalue weighted by atomic mass is 19.1. The van der Waals surface area contributed by atoms with Crippen LogP contribution in [0.15, 0.2) is 91.0 Å². The second-order valence-corrected chi connectivity index (χ2v) is 6.66. The van der Waals surface area contributed by atoms with E-state index in [1.807, 2.05) is 18.2 Å². The normalized spacial score (nSPS) is 11.3. The van der Waals surface area contributed by atoms with Gasteiger partial charge >= 0.3 is 0 Å². The highest BCUT2D eigenvalue weighted by Gasteiger charge is 2.14. The number of rotatable bonds is 3. The molecule has 130 valence electrons. The van der Waals surface area contributed by atoms with Crippen molar-refractivity contribution in [2.75, 3.05) is 0 Å². The molecule has 0 spiro atoms. The molecule has 0 amide bonds. The number of halogens is 1. The highest BCUT2D eigenvalue weighted by Crippen LogP contribution is 2.28. The first-order valence-electron chi connectivity index (χ1n) is 8.97. The van der Waals surface area contributed by atoms with Gasteiger partial charge in [0.2, 0.25) is 0 Å². The Bertz CT molecular complexity index is 1250. The lowest BCUT2D eigenvalue weighted by Crippen LogP contribution is -2.03. The summed E-state index contributed by atoms with van der Waals surface area (Å²) >= 11 is 0. The van der Waals surface area contributed by atoms with E-state index in [0.29, 0.717) is 6.54 Å². The molecule has 0 fully saturated rings. The third-order valence-electron chi connectivity index (χ3n) is 4.97. The Hall–Kier alpha value is -3.46. The number of imidazole rings is 1. The number of aromatic nitrogens is 2. The fourth-order valence-electron chi connectivity index (χ4n) is 3.66. The van der Waals surface area contributed by atoms with Crippen molar-refractivity contribution in [3.05, 3.63) is 102 Å². The van der Waals surface area contributed by atoms with Crippen molar-refractivity contribution in [2.45, 2.75) is 6.54 Å². The third kappa shape index (κ3) is 2.77. The van der Waals surface area contributed by atoms with Gasteiger partial charge in [0.25, 0.3) is 0 Å².